The summed E-state index contributed by atoms with van der Waals surface area (Å²) in [6.45, 7) is 1.13. The molecule has 2 nitrogen and oxygen atoms in total. The van der Waals surface area contributed by atoms with Crippen LogP contribution in [0.3, 0.4) is 0 Å². The first-order valence-corrected chi connectivity index (χ1v) is 7.24. The Labute approximate surface area is 120 Å². The summed E-state index contributed by atoms with van der Waals surface area (Å²) in [5.41, 5.74) is 4.64. The Balaban J connectivity index is 0.00000110. The van der Waals surface area contributed by atoms with Crippen LogP contribution in [0, 0.1) is 0 Å². The van der Waals surface area contributed by atoms with Crippen LogP contribution in [-0.2, 0) is 12.0 Å². The highest BCUT2D eigenvalue weighted by Gasteiger charge is 2.39. The van der Waals surface area contributed by atoms with Crippen molar-refractivity contribution in [1.29, 1.82) is 0 Å². The van der Waals surface area contributed by atoms with Crippen LogP contribution in [0.15, 0.2) is 24.3 Å². The average Bonchev–Trinajstić information content (AvgIpc) is 2.81. The van der Waals surface area contributed by atoms with Crippen LogP contribution >= 0.6 is 12.4 Å². The van der Waals surface area contributed by atoms with Gasteiger partial charge in [-0.1, -0.05) is 37.5 Å². The van der Waals surface area contributed by atoms with E-state index in [1.807, 2.05) is 0 Å². The first kappa shape index (κ1) is 13.0. The van der Waals surface area contributed by atoms with Crippen molar-refractivity contribution < 1.29 is 0 Å². The van der Waals surface area contributed by atoms with Crippen molar-refractivity contribution in [2.45, 2.75) is 44.1 Å². The Morgan fingerprint density at radius 3 is 2.63 bits per heavy atom. The lowest BCUT2D eigenvalue weighted by atomic mass is 9.75. The summed E-state index contributed by atoms with van der Waals surface area (Å²) in [5.74, 6) is 0. The topological polar surface area (TPSA) is 27.8 Å². The molecular weight excluding hydrogens is 256 g/mol. The number of aromatic amines is 1. The highest BCUT2D eigenvalue weighted by atomic mass is 35.5. The number of halogens is 1. The number of hydrogen-bond acceptors (Lipinski definition) is 1. The minimum atomic E-state index is 0. The van der Waals surface area contributed by atoms with Crippen LogP contribution in [0.5, 0.6) is 0 Å². The molecule has 2 heterocycles. The van der Waals surface area contributed by atoms with Gasteiger partial charge in [0.2, 0.25) is 0 Å². The maximum atomic E-state index is 3.82. The molecule has 1 aromatic heterocycles. The lowest BCUT2D eigenvalue weighted by Crippen LogP contribution is -2.48. The number of para-hydroxylation sites is 1. The third-order valence-corrected chi connectivity index (χ3v) is 4.84. The molecule has 0 saturated heterocycles. The standard InChI is InChI=1S/C16H20N2.ClH/c1-4-9-16(10-5-1)15-13(8-11-17-16)12-6-2-3-7-14(12)18-15;/h2-3,6-7,17-18H,1,4-5,8-11H2;1H. The summed E-state index contributed by atoms with van der Waals surface area (Å²) in [4.78, 5) is 3.71. The normalized spacial score (nSPS) is 21.1. The van der Waals surface area contributed by atoms with E-state index in [0.717, 1.165) is 6.54 Å². The van der Waals surface area contributed by atoms with Gasteiger partial charge in [0.05, 0.1) is 5.54 Å². The number of H-pyrrole nitrogens is 1. The van der Waals surface area contributed by atoms with E-state index in [0.29, 0.717) is 0 Å². The maximum absolute atomic E-state index is 3.82. The van der Waals surface area contributed by atoms with Crippen LogP contribution < -0.4 is 5.32 Å². The summed E-state index contributed by atoms with van der Waals surface area (Å²) in [5, 5.41) is 5.26. The molecule has 1 saturated carbocycles. The number of rotatable bonds is 0. The van der Waals surface area contributed by atoms with Crippen molar-refractivity contribution in [3.05, 3.63) is 35.5 Å². The van der Waals surface area contributed by atoms with E-state index < -0.39 is 0 Å². The molecular formula is C16H21ClN2. The average molecular weight is 277 g/mol. The van der Waals surface area contributed by atoms with E-state index in [1.54, 1.807) is 5.56 Å². The van der Waals surface area contributed by atoms with Crippen molar-refractivity contribution in [2.75, 3.05) is 6.54 Å². The molecule has 0 radical (unpaired) electrons. The van der Waals surface area contributed by atoms with E-state index in [9.17, 15) is 0 Å². The molecule has 4 rings (SSSR count). The number of benzene rings is 1. The van der Waals surface area contributed by atoms with Gasteiger partial charge in [0.25, 0.3) is 0 Å². The SMILES string of the molecule is Cl.c1ccc2c3c([nH]c2c1)C1(CCCCC1)NCC3. The van der Waals surface area contributed by atoms with E-state index in [1.165, 1.54) is 55.1 Å². The fraction of sp³-hybridized carbons (Fsp3) is 0.500. The molecule has 1 aliphatic carbocycles. The predicted molar refractivity (Wildman–Crippen MR) is 82.0 cm³/mol. The van der Waals surface area contributed by atoms with Gasteiger partial charge in [-0.05, 0) is 30.9 Å². The predicted octanol–water partition coefficient (Wildman–Crippen LogP) is 3.89. The zero-order chi connectivity index (χ0) is 12.0. The molecule has 19 heavy (non-hydrogen) atoms. The van der Waals surface area contributed by atoms with Crippen LogP contribution in [0.2, 0.25) is 0 Å². The summed E-state index contributed by atoms with van der Waals surface area (Å²) in [6, 6.07) is 8.77. The highest BCUT2D eigenvalue weighted by Crippen LogP contribution is 2.42. The second kappa shape index (κ2) is 4.84. The lowest BCUT2D eigenvalue weighted by molar-refractivity contribution is 0.218. The molecule has 0 amide bonds. The molecule has 1 aromatic carbocycles. The van der Waals surface area contributed by atoms with Crippen LogP contribution in [-0.4, -0.2) is 11.5 Å². The van der Waals surface area contributed by atoms with E-state index in [-0.39, 0.29) is 17.9 Å². The van der Waals surface area contributed by atoms with Gasteiger partial charge in [-0.3, -0.25) is 0 Å². The van der Waals surface area contributed by atoms with Gasteiger partial charge >= 0.3 is 0 Å². The Hall–Kier alpha value is -0.990. The summed E-state index contributed by atoms with van der Waals surface area (Å²) in [7, 11) is 0. The van der Waals surface area contributed by atoms with Crippen LogP contribution in [0.1, 0.15) is 43.4 Å². The molecule has 2 N–H and O–H groups in total. The van der Waals surface area contributed by atoms with Gasteiger partial charge < -0.3 is 10.3 Å². The number of hydrogen-bond donors (Lipinski definition) is 2. The van der Waals surface area contributed by atoms with Gasteiger partial charge in [-0.2, -0.15) is 0 Å². The Morgan fingerprint density at radius 1 is 1.00 bits per heavy atom. The van der Waals surface area contributed by atoms with E-state index in [2.05, 4.69) is 34.6 Å². The second-order valence-electron chi connectivity index (χ2n) is 5.84. The van der Waals surface area contributed by atoms with E-state index >= 15 is 0 Å². The van der Waals surface area contributed by atoms with Gasteiger partial charge in [0, 0.05) is 23.1 Å². The highest BCUT2D eigenvalue weighted by molar-refractivity contribution is 5.85. The second-order valence-corrected chi connectivity index (χ2v) is 5.84. The minimum Gasteiger partial charge on any atom is -0.357 e. The van der Waals surface area contributed by atoms with Gasteiger partial charge in [-0.25, -0.2) is 0 Å². The molecule has 3 heteroatoms. The van der Waals surface area contributed by atoms with Gasteiger partial charge in [0.15, 0.2) is 0 Å². The van der Waals surface area contributed by atoms with Crippen molar-refractivity contribution in [2.24, 2.45) is 0 Å². The third-order valence-electron chi connectivity index (χ3n) is 4.84. The molecule has 1 fully saturated rings. The number of nitrogens with one attached hydrogen (secondary N) is 2. The first-order valence-electron chi connectivity index (χ1n) is 7.24. The van der Waals surface area contributed by atoms with Crippen molar-refractivity contribution >= 4 is 23.3 Å². The van der Waals surface area contributed by atoms with Crippen molar-refractivity contribution in [1.82, 2.24) is 10.3 Å². The van der Waals surface area contributed by atoms with Crippen LogP contribution in [0.25, 0.3) is 10.9 Å². The molecule has 102 valence electrons. The molecule has 2 aliphatic rings. The van der Waals surface area contributed by atoms with Gasteiger partial charge in [-0.15, -0.1) is 12.4 Å². The van der Waals surface area contributed by atoms with E-state index in [4.69, 9.17) is 0 Å². The lowest BCUT2D eigenvalue weighted by Gasteiger charge is -2.41. The summed E-state index contributed by atoms with van der Waals surface area (Å²) >= 11 is 0. The smallest absolute Gasteiger partial charge is 0.0589 e. The molecule has 0 unspecified atom stereocenters. The zero-order valence-corrected chi connectivity index (χ0v) is 12.0. The minimum absolute atomic E-state index is 0. The third kappa shape index (κ3) is 1.89. The molecule has 1 aliphatic heterocycles. The van der Waals surface area contributed by atoms with Crippen molar-refractivity contribution in [3.8, 4) is 0 Å². The molecule has 2 aromatic rings. The Bertz CT molecular complexity index is 581. The number of aromatic nitrogens is 1. The fourth-order valence-corrected chi connectivity index (χ4v) is 3.97. The van der Waals surface area contributed by atoms with Gasteiger partial charge in [0.1, 0.15) is 0 Å². The molecule has 0 atom stereocenters. The van der Waals surface area contributed by atoms with Crippen LogP contribution in [0.4, 0.5) is 0 Å². The fourth-order valence-electron chi connectivity index (χ4n) is 3.97. The summed E-state index contributed by atoms with van der Waals surface area (Å²) < 4.78 is 0. The Kier molecular flexibility index (Phi) is 3.32. The Morgan fingerprint density at radius 2 is 1.79 bits per heavy atom. The molecule has 1 spiro atoms. The maximum Gasteiger partial charge on any atom is 0.0589 e. The number of fused-ring (bicyclic) bond motifs is 4. The first-order chi connectivity index (χ1) is 8.89. The molecule has 0 bridgehead atoms. The quantitative estimate of drug-likeness (QED) is 0.751. The monoisotopic (exact) mass is 276 g/mol. The largest absolute Gasteiger partial charge is 0.357 e. The summed E-state index contributed by atoms with van der Waals surface area (Å²) in [6.07, 6.45) is 7.89. The van der Waals surface area contributed by atoms with Crippen molar-refractivity contribution in [3.63, 3.8) is 0 Å². The zero-order valence-electron chi connectivity index (χ0n) is 11.2.